The minimum absolute atomic E-state index is 0.221. The lowest BCUT2D eigenvalue weighted by Crippen LogP contribution is -2.49. The minimum atomic E-state index is 0.221. The molecule has 3 nitrogen and oxygen atoms in total. The fraction of sp³-hybridized carbons (Fsp3) is 0.917. The Morgan fingerprint density at radius 3 is 2.07 bits per heavy atom. The van der Waals surface area contributed by atoms with Gasteiger partial charge in [0, 0.05) is 26.2 Å². The first-order valence-corrected chi connectivity index (χ1v) is 6.12. The number of amides is 2. The molecule has 1 fully saturated rings. The van der Waals surface area contributed by atoms with Crippen LogP contribution < -0.4 is 0 Å². The topological polar surface area (TPSA) is 23.6 Å². The van der Waals surface area contributed by atoms with E-state index >= 15 is 0 Å². The van der Waals surface area contributed by atoms with Crippen molar-refractivity contribution >= 4 is 6.03 Å². The first kappa shape index (κ1) is 12.3. The fourth-order valence-electron chi connectivity index (χ4n) is 2.51. The number of hydrogen-bond donors (Lipinski definition) is 0. The highest BCUT2D eigenvalue weighted by Gasteiger charge is 2.27. The predicted molar refractivity (Wildman–Crippen MR) is 62.8 cm³/mol. The Morgan fingerprint density at radius 1 is 1.20 bits per heavy atom. The lowest BCUT2D eigenvalue weighted by molar-refractivity contribution is 0.117. The fourth-order valence-corrected chi connectivity index (χ4v) is 2.51. The van der Waals surface area contributed by atoms with Crippen molar-refractivity contribution in [3.8, 4) is 0 Å². The van der Waals surface area contributed by atoms with Crippen LogP contribution in [0.1, 0.15) is 34.1 Å². The number of nitrogens with zero attached hydrogens (tertiary/aromatic N) is 2. The zero-order chi connectivity index (χ0) is 11.4. The molecule has 3 heteroatoms. The molecule has 0 aromatic carbocycles. The molecule has 1 aliphatic rings. The van der Waals surface area contributed by atoms with Crippen LogP contribution in [0.4, 0.5) is 4.79 Å². The van der Waals surface area contributed by atoms with Crippen LogP contribution >= 0.6 is 0 Å². The number of hydrogen-bond acceptors (Lipinski definition) is 1. The molecule has 0 bridgehead atoms. The van der Waals surface area contributed by atoms with E-state index in [0.29, 0.717) is 11.8 Å². The first-order valence-electron chi connectivity index (χ1n) is 6.12. The first-order chi connectivity index (χ1) is 7.08. The molecule has 1 heterocycles. The van der Waals surface area contributed by atoms with E-state index in [-0.39, 0.29) is 6.03 Å². The summed E-state index contributed by atoms with van der Waals surface area (Å²) >= 11 is 0. The van der Waals surface area contributed by atoms with E-state index in [1.165, 1.54) is 6.42 Å². The zero-order valence-electron chi connectivity index (χ0n) is 10.5. The second kappa shape index (κ2) is 5.38. The van der Waals surface area contributed by atoms with Crippen LogP contribution in [0.5, 0.6) is 0 Å². The van der Waals surface area contributed by atoms with Gasteiger partial charge in [0.05, 0.1) is 0 Å². The average Bonchev–Trinajstić information content (AvgIpc) is 2.18. The van der Waals surface area contributed by atoms with Crippen molar-refractivity contribution in [2.24, 2.45) is 11.8 Å². The molecule has 88 valence electrons. The van der Waals surface area contributed by atoms with E-state index in [1.54, 1.807) is 0 Å². The third-order valence-corrected chi connectivity index (χ3v) is 3.17. The number of urea groups is 1. The highest BCUT2D eigenvalue weighted by molar-refractivity contribution is 5.74. The molecule has 0 unspecified atom stereocenters. The second-order valence-electron chi connectivity index (χ2n) is 4.81. The van der Waals surface area contributed by atoms with Gasteiger partial charge in [-0.15, -0.1) is 0 Å². The molecule has 1 saturated heterocycles. The predicted octanol–water partition coefficient (Wildman–Crippen LogP) is 2.43. The van der Waals surface area contributed by atoms with Crippen LogP contribution in [0.25, 0.3) is 0 Å². The normalized spacial score (nSPS) is 26.5. The summed E-state index contributed by atoms with van der Waals surface area (Å²) in [7, 11) is 0. The summed E-state index contributed by atoms with van der Waals surface area (Å²) in [5, 5.41) is 0. The summed E-state index contributed by atoms with van der Waals surface area (Å²) in [6, 6.07) is 0.221. The van der Waals surface area contributed by atoms with Crippen LogP contribution in [-0.4, -0.2) is 42.0 Å². The van der Waals surface area contributed by atoms with E-state index in [0.717, 1.165) is 26.2 Å². The summed E-state index contributed by atoms with van der Waals surface area (Å²) in [4.78, 5) is 16.0. The molecule has 0 N–H and O–H groups in total. The van der Waals surface area contributed by atoms with E-state index in [4.69, 9.17) is 0 Å². The van der Waals surface area contributed by atoms with Crippen molar-refractivity contribution in [3.05, 3.63) is 0 Å². The molecule has 15 heavy (non-hydrogen) atoms. The molecule has 0 aliphatic carbocycles. The average molecular weight is 212 g/mol. The van der Waals surface area contributed by atoms with Crippen molar-refractivity contribution in [3.63, 3.8) is 0 Å². The van der Waals surface area contributed by atoms with Gasteiger partial charge in [0.1, 0.15) is 0 Å². The van der Waals surface area contributed by atoms with Crippen molar-refractivity contribution in [1.82, 2.24) is 9.80 Å². The van der Waals surface area contributed by atoms with E-state index in [2.05, 4.69) is 13.8 Å². The largest absolute Gasteiger partial charge is 0.325 e. The number of carbonyl (C=O) groups is 1. The molecule has 0 saturated carbocycles. The van der Waals surface area contributed by atoms with Crippen molar-refractivity contribution < 1.29 is 4.79 Å². The van der Waals surface area contributed by atoms with Crippen LogP contribution in [-0.2, 0) is 0 Å². The lowest BCUT2D eigenvalue weighted by Gasteiger charge is -2.37. The van der Waals surface area contributed by atoms with Crippen LogP contribution in [0.3, 0.4) is 0 Å². The number of rotatable bonds is 2. The van der Waals surface area contributed by atoms with Gasteiger partial charge >= 0.3 is 6.03 Å². The monoisotopic (exact) mass is 212 g/mol. The molecule has 0 aromatic rings. The molecule has 0 spiro atoms. The molecular weight excluding hydrogens is 188 g/mol. The number of carbonyl (C=O) groups excluding carboxylic acids is 1. The third-order valence-electron chi connectivity index (χ3n) is 3.17. The van der Waals surface area contributed by atoms with Gasteiger partial charge in [-0.1, -0.05) is 13.8 Å². The lowest BCUT2D eigenvalue weighted by atomic mass is 9.92. The van der Waals surface area contributed by atoms with Gasteiger partial charge in [-0.25, -0.2) is 4.79 Å². The molecule has 2 atom stereocenters. The molecule has 1 aliphatic heterocycles. The zero-order valence-corrected chi connectivity index (χ0v) is 10.5. The Hall–Kier alpha value is -0.730. The summed E-state index contributed by atoms with van der Waals surface area (Å²) < 4.78 is 0. The van der Waals surface area contributed by atoms with Gasteiger partial charge in [0.2, 0.25) is 0 Å². The Labute approximate surface area is 93.4 Å². The third kappa shape index (κ3) is 3.11. The van der Waals surface area contributed by atoms with Gasteiger partial charge in [0.25, 0.3) is 0 Å². The summed E-state index contributed by atoms with van der Waals surface area (Å²) in [6.45, 7) is 12.0. The van der Waals surface area contributed by atoms with E-state index in [9.17, 15) is 4.79 Å². The van der Waals surface area contributed by atoms with Gasteiger partial charge in [-0.2, -0.15) is 0 Å². The Balaban J connectivity index is 2.58. The van der Waals surface area contributed by atoms with Crippen LogP contribution in [0, 0.1) is 11.8 Å². The number of piperidine rings is 1. The minimum Gasteiger partial charge on any atom is -0.325 e. The number of likely N-dealkylation sites (tertiary alicyclic amines) is 1. The highest BCUT2D eigenvalue weighted by Crippen LogP contribution is 2.21. The van der Waals surface area contributed by atoms with Crippen LogP contribution in [0.2, 0.25) is 0 Å². The summed E-state index contributed by atoms with van der Waals surface area (Å²) in [6.07, 6.45) is 1.25. The summed E-state index contributed by atoms with van der Waals surface area (Å²) in [5.74, 6) is 1.29. The molecule has 2 amide bonds. The molecular formula is C12H24N2O. The van der Waals surface area contributed by atoms with E-state index in [1.807, 2.05) is 23.6 Å². The molecule has 1 rings (SSSR count). The molecule has 0 radical (unpaired) electrons. The maximum atomic E-state index is 12.1. The van der Waals surface area contributed by atoms with Gasteiger partial charge in [-0.3, -0.25) is 0 Å². The smallest absolute Gasteiger partial charge is 0.319 e. The van der Waals surface area contributed by atoms with Crippen molar-refractivity contribution in [1.29, 1.82) is 0 Å². The quantitative estimate of drug-likeness (QED) is 0.689. The van der Waals surface area contributed by atoms with Crippen molar-refractivity contribution in [2.75, 3.05) is 26.2 Å². The Morgan fingerprint density at radius 2 is 1.67 bits per heavy atom. The standard InChI is InChI=1S/C12H24N2O/c1-5-13(6-2)12(15)14-8-10(3)7-11(4)9-14/h10-11H,5-9H2,1-4H3/t10-,11-/m0/s1. The molecule has 0 aromatic heterocycles. The summed E-state index contributed by atoms with van der Waals surface area (Å²) in [5.41, 5.74) is 0. The SMILES string of the molecule is CCN(CC)C(=O)N1C[C@@H](C)C[C@H](C)C1. The van der Waals surface area contributed by atoms with Gasteiger partial charge in [0.15, 0.2) is 0 Å². The maximum Gasteiger partial charge on any atom is 0.319 e. The second-order valence-corrected chi connectivity index (χ2v) is 4.81. The highest BCUT2D eigenvalue weighted by atomic mass is 16.2. The Bertz CT molecular complexity index is 204. The van der Waals surface area contributed by atoms with Gasteiger partial charge < -0.3 is 9.80 Å². The van der Waals surface area contributed by atoms with E-state index < -0.39 is 0 Å². The maximum absolute atomic E-state index is 12.1. The van der Waals surface area contributed by atoms with Gasteiger partial charge in [-0.05, 0) is 32.1 Å². The van der Waals surface area contributed by atoms with Crippen molar-refractivity contribution in [2.45, 2.75) is 34.1 Å². The van der Waals surface area contributed by atoms with Crippen LogP contribution in [0.15, 0.2) is 0 Å². The Kier molecular flexibility index (Phi) is 4.43.